The van der Waals surface area contributed by atoms with Crippen molar-refractivity contribution in [3.05, 3.63) is 0 Å². The topological polar surface area (TPSA) is 38.3 Å². The van der Waals surface area contributed by atoms with Crippen LogP contribution in [-0.2, 0) is 8.98 Å². The molecule has 3 nitrogen and oxygen atoms in total. The molecule has 0 atom stereocenters. The molecule has 0 bridgehead atoms. The van der Waals surface area contributed by atoms with E-state index in [0.717, 1.165) is 17.5 Å². The third kappa shape index (κ3) is 5.68. The van der Waals surface area contributed by atoms with Crippen molar-refractivity contribution in [2.75, 3.05) is 13.7 Å². The molecule has 0 spiro atoms. The summed E-state index contributed by atoms with van der Waals surface area (Å²) < 4.78 is 5.21. The van der Waals surface area contributed by atoms with Crippen LogP contribution in [0.25, 0.3) is 0 Å². The molecule has 0 rings (SSSR count). The number of rotatable bonds is 6. The summed E-state index contributed by atoms with van der Waals surface area (Å²) in [6.07, 6.45) is 0.772. The van der Waals surface area contributed by atoms with Crippen molar-refractivity contribution < 1.29 is 8.98 Å². The maximum Gasteiger partial charge on any atom is 0.225 e. The van der Waals surface area contributed by atoms with Crippen LogP contribution in [0.2, 0.25) is 0 Å². The van der Waals surface area contributed by atoms with Gasteiger partial charge in [-0.25, -0.2) is 0 Å². The van der Waals surface area contributed by atoms with E-state index in [1.165, 1.54) is 0 Å². The fourth-order valence-electron chi connectivity index (χ4n) is 1.85. The number of hydrogen-bond acceptors (Lipinski definition) is 4. The van der Waals surface area contributed by atoms with E-state index in [9.17, 15) is 4.79 Å². The van der Waals surface area contributed by atoms with E-state index in [4.69, 9.17) is 4.18 Å². The molecule has 0 unspecified atom stereocenters. The number of amides is 1. The molecule has 1 N–H and O–H groups in total. The number of thiol groups is 1. The quantitative estimate of drug-likeness (QED) is 0.433. The van der Waals surface area contributed by atoms with Crippen LogP contribution in [0.3, 0.4) is 0 Å². The zero-order valence-electron chi connectivity index (χ0n) is 10.1. The van der Waals surface area contributed by atoms with Crippen molar-refractivity contribution >= 4 is 28.6 Å². The van der Waals surface area contributed by atoms with Gasteiger partial charge in [0.05, 0.1) is 17.7 Å². The molecule has 1 amide bonds. The minimum absolute atomic E-state index is 0.0360. The Morgan fingerprint density at radius 1 is 1.40 bits per heavy atom. The minimum atomic E-state index is -0.372. The van der Waals surface area contributed by atoms with Gasteiger partial charge >= 0.3 is 0 Å². The molecule has 0 aromatic carbocycles. The highest BCUT2D eigenvalue weighted by atomic mass is 33.1. The van der Waals surface area contributed by atoms with E-state index in [0.29, 0.717) is 6.61 Å². The molecule has 0 aliphatic rings. The van der Waals surface area contributed by atoms with Crippen molar-refractivity contribution in [1.82, 2.24) is 5.32 Å². The van der Waals surface area contributed by atoms with Gasteiger partial charge < -0.3 is 9.50 Å². The monoisotopic (exact) mass is 251 g/mol. The van der Waals surface area contributed by atoms with Gasteiger partial charge in [0.1, 0.15) is 0 Å². The Bertz CT molecular complexity index is 217. The lowest BCUT2D eigenvalue weighted by Crippen LogP contribution is -2.38. The summed E-state index contributed by atoms with van der Waals surface area (Å²) in [5.74, 6) is 0.0640. The second-order valence-corrected chi connectivity index (χ2v) is 5.97. The second-order valence-electron chi connectivity index (χ2n) is 5.14. The molecule has 15 heavy (non-hydrogen) atoms. The Morgan fingerprint density at radius 3 is 2.33 bits per heavy atom. The molecule has 0 aromatic rings. The normalized spacial score (nSPS) is 12.7. The van der Waals surface area contributed by atoms with E-state index in [1.54, 1.807) is 7.05 Å². The highest BCUT2D eigenvalue weighted by molar-refractivity contribution is 8.66. The summed E-state index contributed by atoms with van der Waals surface area (Å²) >= 11 is 4.98. The predicted molar refractivity (Wildman–Crippen MR) is 68.8 cm³/mol. The van der Waals surface area contributed by atoms with Gasteiger partial charge in [0.15, 0.2) is 0 Å². The van der Waals surface area contributed by atoms with Gasteiger partial charge in [0.25, 0.3) is 0 Å². The summed E-state index contributed by atoms with van der Waals surface area (Å²) in [5.41, 5.74) is -0.408. The predicted octanol–water partition coefficient (Wildman–Crippen LogP) is 2.68. The van der Waals surface area contributed by atoms with Crippen LogP contribution < -0.4 is 5.32 Å². The van der Waals surface area contributed by atoms with Gasteiger partial charge in [-0.3, -0.25) is 4.79 Å². The summed E-state index contributed by atoms with van der Waals surface area (Å²) in [4.78, 5) is 11.6. The van der Waals surface area contributed by atoms with E-state index < -0.39 is 0 Å². The zero-order valence-corrected chi connectivity index (χ0v) is 11.8. The van der Waals surface area contributed by atoms with Crippen LogP contribution in [0, 0.1) is 10.8 Å². The molecule has 90 valence electrons. The fourth-order valence-corrected chi connectivity index (χ4v) is 2.38. The van der Waals surface area contributed by atoms with Gasteiger partial charge in [-0.2, -0.15) is 0 Å². The summed E-state index contributed by atoms with van der Waals surface area (Å²) in [6, 6.07) is 0. The Morgan fingerprint density at radius 2 is 1.93 bits per heavy atom. The van der Waals surface area contributed by atoms with Crippen LogP contribution in [0.15, 0.2) is 0 Å². The second kappa shape index (κ2) is 6.01. The molecule has 0 saturated carbocycles. The Labute approximate surface area is 102 Å². The SMILES string of the molecule is CNC(=O)C(C)(C)CC(C)(C)COSS. The first kappa shape index (κ1) is 15.1. The van der Waals surface area contributed by atoms with Crippen molar-refractivity contribution in [3.8, 4) is 0 Å². The van der Waals surface area contributed by atoms with Crippen LogP contribution in [0.1, 0.15) is 34.1 Å². The lowest BCUT2D eigenvalue weighted by Gasteiger charge is -2.32. The molecule has 0 aliphatic carbocycles. The van der Waals surface area contributed by atoms with Crippen LogP contribution in [-0.4, -0.2) is 19.6 Å². The number of carbonyl (C=O) groups is 1. The molecule has 0 saturated heterocycles. The standard InChI is InChI=1S/C10H21NO2S2/c1-9(2,7-13-15-14)6-10(3,4)8(12)11-5/h14H,6-7H2,1-5H3,(H,11,12). The molecule has 0 aromatic heterocycles. The average Bonchev–Trinajstić information content (AvgIpc) is 2.11. The van der Waals surface area contributed by atoms with Crippen LogP contribution in [0.5, 0.6) is 0 Å². The molecular formula is C10H21NO2S2. The molecule has 5 heteroatoms. The van der Waals surface area contributed by atoms with Gasteiger partial charge in [-0.05, 0) is 11.8 Å². The van der Waals surface area contributed by atoms with E-state index >= 15 is 0 Å². The molecular weight excluding hydrogens is 230 g/mol. The first-order valence-corrected chi connectivity index (χ1v) is 6.70. The maximum absolute atomic E-state index is 11.6. The first-order chi connectivity index (χ1) is 6.75. The molecule has 0 radical (unpaired) electrons. The number of nitrogens with one attached hydrogen (secondary N) is 1. The van der Waals surface area contributed by atoms with Gasteiger partial charge in [0, 0.05) is 12.5 Å². The summed E-state index contributed by atoms with van der Waals surface area (Å²) in [6.45, 7) is 8.65. The third-order valence-electron chi connectivity index (χ3n) is 2.26. The van der Waals surface area contributed by atoms with Crippen molar-refractivity contribution in [3.63, 3.8) is 0 Å². The average molecular weight is 251 g/mol. The maximum atomic E-state index is 11.6. The smallest absolute Gasteiger partial charge is 0.225 e. The summed E-state index contributed by atoms with van der Waals surface area (Å²) in [5, 5.41) is 2.68. The molecule has 0 fully saturated rings. The number of hydrogen-bond donors (Lipinski definition) is 2. The van der Waals surface area contributed by atoms with E-state index in [-0.39, 0.29) is 16.7 Å². The Hall–Kier alpha value is 0.130. The number of carbonyl (C=O) groups excluding carboxylic acids is 1. The highest BCUT2D eigenvalue weighted by Gasteiger charge is 2.34. The minimum Gasteiger partial charge on any atom is -0.359 e. The van der Waals surface area contributed by atoms with Crippen LogP contribution in [0.4, 0.5) is 0 Å². The third-order valence-corrected chi connectivity index (χ3v) is 2.80. The first-order valence-electron chi connectivity index (χ1n) is 4.90. The lowest BCUT2D eigenvalue weighted by molar-refractivity contribution is -0.130. The highest BCUT2D eigenvalue weighted by Crippen LogP contribution is 2.34. The van der Waals surface area contributed by atoms with Crippen LogP contribution >= 0.6 is 22.7 Å². The fraction of sp³-hybridized carbons (Fsp3) is 0.900. The van der Waals surface area contributed by atoms with Crippen molar-refractivity contribution in [2.45, 2.75) is 34.1 Å². The van der Waals surface area contributed by atoms with Gasteiger partial charge in [-0.1, -0.05) is 39.4 Å². The van der Waals surface area contributed by atoms with Gasteiger partial charge in [-0.15, -0.1) is 0 Å². The van der Waals surface area contributed by atoms with Crippen molar-refractivity contribution in [1.29, 1.82) is 0 Å². The summed E-state index contributed by atoms with van der Waals surface area (Å²) in [7, 11) is 1.66. The van der Waals surface area contributed by atoms with Crippen molar-refractivity contribution in [2.24, 2.45) is 10.8 Å². The Kier molecular flexibility index (Phi) is 6.06. The molecule has 0 aliphatic heterocycles. The zero-order chi connectivity index (χ0) is 12.1. The van der Waals surface area contributed by atoms with Gasteiger partial charge in [0.2, 0.25) is 5.91 Å². The van der Waals surface area contributed by atoms with E-state index in [1.807, 2.05) is 13.8 Å². The Balaban J connectivity index is 4.35. The largest absolute Gasteiger partial charge is 0.359 e. The van der Waals surface area contributed by atoms with E-state index in [2.05, 4.69) is 30.8 Å². The molecule has 0 heterocycles. The lowest BCUT2D eigenvalue weighted by atomic mass is 9.75.